The Morgan fingerprint density at radius 1 is 1.80 bits per heavy atom. The summed E-state index contributed by atoms with van der Waals surface area (Å²) in [6.07, 6.45) is 1.26. The minimum absolute atomic E-state index is 1.26. The van der Waals surface area contributed by atoms with Crippen LogP contribution in [0.3, 0.4) is 0 Å². The van der Waals surface area contributed by atoms with E-state index in [0.717, 1.165) is 0 Å². The van der Waals surface area contributed by atoms with Gasteiger partial charge in [-0.1, -0.05) is 0 Å². The molecule has 0 aliphatic carbocycles. The number of nitrogens with one attached hydrogen (secondary N) is 2. The topological polar surface area (TPSA) is 45.7 Å². The van der Waals surface area contributed by atoms with E-state index < -0.39 is 0 Å². The highest BCUT2D eigenvalue weighted by molar-refractivity contribution is 5.46. The molecule has 4 heteroatoms. The van der Waals surface area contributed by atoms with Gasteiger partial charge in [-0.3, -0.25) is 0 Å². The van der Waals surface area contributed by atoms with Crippen molar-refractivity contribution in [1.29, 1.82) is 0 Å². The minimum Gasteiger partial charge on any atom is -0.374 e. The highest BCUT2D eigenvalue weighted by Crippen LogP contribution is 1.60. The Morgan fingerprint density at radius 3 is 3.00 bits per heavy atom. The zero-order chi connectivity index (χ0) is 3.54. The Kier molecular flexibility index (Phi) is 0.443. The Balaban J connectivity index is 2.32. The lowest BCUT2D eigenvalue weighted by molar-refractivity contribution is 0.182. The average molecular weight is 73.1 g/mol. The maximum Gasteiger partial charge on any atom is 0.222 e. The molecule has 0 aromatic rings. The minimum atomic E-state index is 1.26. The SMILES string of the molecule is C1=NNNO1. The zero-order valence-electron chi connectivity index (χ0n) is 2.43. The number of rotatable bonds is 0. The quantitative estimate of drug-likeness (QED) is 0.385. The molecule has 0 fully saturated rings. The van der Waals surface area contributed by atoms with E-state index in [9.17, 15) is 0 Å². The fourth-order valence-corrected chi connectivity index (χ4v) is 0.132. The molecule has 0 radical (unpaired) electrons. The van der Waals surface area contributed by atoms with Crippen LogP contribution in [0.4, 0.5) is 0 Å². The molecular weight excluding hydrogens is 70.0 g/mol. The molecule has 0 atom stereocenters. The lowest BCUT2D eigenvalue weighted by Gasteiger charge is -1.82. The van der Waals surface area contributed by atoms with Gasteiger partial charge in [-0.15, -0.1) is 5.10 Å². The van der Waals surface area contributed by atoms with Crippen LogP contribution in [-0.4, -0.2) is 6.40 Å². The zero-order valence-corrected chi connectivity index (χ0v) is 2.43. The van der Waals surface area contributed by atoms with E-state index in [1.165, 1.54) is 6.40 Å². The average Bonchev–Trinajstić information content (AvgIpc) is 1.76. The summed E-state index contributed by atoms with van der Waals surface area (Å²) >= 11 is 0. The first kappa shape index (κ1) is 2.47. The van der Waals surface area contributed by atoms with Crippen molar-refractivity contribution >= 4 is 6.40 Å². The molecule has 5 heavy (non-hydrogen) atoms. The first-order chi connectivity index (χ1) is 2.50. The molecule has 1 aliphatic rings. The Labute approximate surface area is 28.7 Å². The van der Waals surface area contributed by atoms with Crippen LogP contribution < -0.4 is 11.1 Å². The van der Waals surface area contributed by atoms with Crippen molar-refractivity contribution < 1.29 is 4.84 Å². The summed E-state index contributed by atoms with van der Waals surface area (Å²) in [6.45, 7) is 0. The lowest BCUT2D eigenvalue weighted by Crippen LogP contribution is -2.17. The fourth-order valence-electron chi connectivity index (χ4n) is 0.132. The van der Waals surface area contributed by atoms with Crippen LogP contribution in [0, 0.1) is 0 Å². The van der Waals surface area contributed by atoms with Gasteiger partial charge in [0.2, 0.25) is 6.40 Å². The van der Waals surface area contributed by atoms with Gasteiger partial charge in [0.15, 0.2) is 0 Å². The predicted octanol–water partition coefficient (Wildman–Crippen LogP) is -1.03. The third-order valence-corrected chi connectivity index (χ3v) is 0.275. The molecule has 0 aromatic heterocycles. The van der Waals surface area contributed by atoms with Crippen molar-refractivity contribution in [3.8, 4) is 0 Å². The lowest BCUT2D eigenvalue weighted by atomic mass is 11.5. The molecule has 1 heterocycles. The number of hydrazine groups is 1. The maximum absolute atomic E-state index is 4.29. The molecule has 2 N–H and O–H groups in total. The molecular formula is CH3N3O. The molecule has 0 saturated carbocycles. The van der Waals surface area contributed by atoms with E-state index >= 15 is 0 Å². The van der Waals surface area contributed by atoms with Gasteiger partial charge in [-0.2, -0.15) is 0 Å². The van der Waals surface area contributed by atoms with Crippen molar-refractivity contribution in [2.75, 3.05) is 0 Å². The number of nitrogens with zero attached hydrogens (tertiary/aromatic N) is 1. The fraction of sp³-hybridized carbons (Fsp3) is 0. The molecule has 0 amide bonds. The maximum atomic E-state index is 4.29. The van der Waals surface area contributed by atoms with Crippen molar-refractivity contribution in [3.05, 3.63) is 0 Å². The Morgan fingerprint density at radius 2 is 2.80 bits per heavy atom. The Hall–Kier alpha value is -0.770. The van der Waals surface area contributed by atoms with E-state index in [0.29, 0.717) is 0 Å². The van der Waals surface area contributed by atoms with Crippen LogP contribution in [0.25, 0.3) is 0 Å². The smallest absolute Gasteiger partial charge is 0.222 e. The summed E-state index contributed by atoms with van der Waals surface area (Å²) in [6, 6.07) is 0. The standard InChI is InChI=1S/CH3N3O/c1-2-3-4-5-1/h1,3-4H. The molecule has 1 aliphatic heterocycles. The van der Waals surface area contributed by atoms with E-state index in [2.05, 4.69) is 21.1 Å². The van der Waals surface area contributed by atoms with Crippen molar-refractivity contribution in [2.24, 2.45) is 5.10 Å². The molecule has 0 spiro atoms. The summed E-state index contributed by atoms with van der Waals surface area (Å²) in [4.78, 5) is 4.29. The largest absolute Gasteiger partial charge is 0.374 e. The molecule has 4 nitrogen and oxygen atoms in total. The van der Waals surface area contributed by atoms with Crippen molar-refractivity contribution in [3.63, 3.8) is 0 Å². The summed E-state index contributed by atoms with van der Waals surface area (Å²) < 4.78 is 0. The van der Waals surface area contributed by atoms with Gasteiger partial charge in [0, 0.05) is 0 Å². The van der Waals surface area contributed by atoms with E-state index in [-0.39, 0.29) is 0 Å². The summed E-state index contributed by atoms with van der Waals surface area (Å²) in [5, 5.41) is 3.38. The van der Waals surface area contributed by atoms with E-state index in [4.69, 9.17) is 0 Å². The molecule has 0 unspecified atom stereocenters. The van der Waals surface area contributed by atoms with Gasteiger partial charge >= 0.3 is 0 Å². The third-order valence-electron chi connectivity index (χ3n) is 0.275. The highest BCUT2D eigenvalue weighted by Gasteiger charge is 1.79. The van der Waals surface area contributed by atoms with Crippen LogP contribution >= 0.6 is 0 Å². The molecule has 0 bridgehead atoms. The number of hydrogen-bond acceptors (Lipinski definition) is 4. The second-order valence-electron chi connectivity index (χ2n) is 0.566. The second-order valence-corrected chi connectivity index (χ2v) is 0.566. The monoisotopic (exact) mass is 73.0 g/mol. The van der Waals surface area contributed by atoms with E-state index in [1.54, 1.807) is 0 Å². The normalized spacial score (nSPS) is 17.6. The third kappa shape index (κ3) is 0.273. The van der Waals surface area contributed by atoms with Gasteiger partial charge in [-0.05, 0) is 5.59 Å². The van der Waals surface area contributed by atoms with Gasteiger partial charge in [0.05, 0.1) is 0 Å². The number of hydrazone groups is 1. The Bertz CT molecular complexity index is 44.9. The highest BCUT2D eigenvalue weighted by atomic mass is 16.7. The van der Waals surface area contributed by atoms with Crippen LogP contribution in [0.2, 0.25) is 0 Å². The summed E-state index contributed by atoms with van der Waals surface area (Å²) in [5.74, 6) is 0. The summed E-state index contributed by atoms with van der Waals surface area (Å²) in [7, 11) is 0. The van der Waals surface area contributed by atoms with Crippen LogP contribution in [-0.2, 0) is 4.84 Å². The predicted molar refractivity (Wildman–Crippen MR) is 15.8 cm³/mol. The van der Waals surface area contributed by atoms with Crippen molar-refractivity contribution in [1.82, 2.24) is 11.1 Å². The van der Waals surface area contributed by atoms with Crippen molar-refractivity contribution in [2.45, 2.75) is 0 Å². The van der Waals surface area contributed by atoms with Crippen LogP contribution in [0.5, 0.6) is 0 Å². The molecule has 0 aromatic carbocycles. The van der Waals surface area contributed by atoms with Gasteiger partial charge in [-0.25, -0.2) is 5.53 Å². The number of hydrogen-bond donors (Lipinski definition) is 2. The van der Waals surface area contributed by atoms with Gasteiger partial charge in [0.1, 0.15) is 0 Å². The second kappa shape index (κ2) is 0.898. The van der Waals surface area contributed by atoms with Crippen LogP contribution in [0.1, 0.15) is 0 Å². The first-order valence-corrected chi connectivity index (χ1v) is 1.17. The molecule has 0 saturated heterocycles. The molecule has 28 valence electrons. The van der Waals surface area contributed by atoms with Gasteiger partial charge < -0.3 is 4.84 Å². The summed E-state index contributed by atoms with van der Waals surface area (Å²) in [5.41, 5.74) is 4.57. The first-order valence-electron chi connectivity index (χ1n) is 1.17. The van der Waals surface area contributed by atoms with Crippen LogP contribution in [0.15, 0.2) is 5.10 Å². The molecule has 1 rings (SSSR count). The van der Waals surface area contributed by atoms with Gasteiger partial charge in [0.25, 0.3) is 0 Å². The van der Waals surface area contributed by atoms with E-state index in [1.807, 2.05) is 0 Å².